The first-order chi connectivity index (χ1) is 9.88. The van der Waals surface area contributed by atoms with Crippen LogP contribution in [0.5, 0.6) is 0 Å². The topological polar surface area (TPSA) is 0 Å². The van der Waals surface area contributed by atoms with Gasteiger partial charge in [-0.15, -0.1) is 0 Å². The average molecular weight is 258 g/mol. The molecule has 98 valence electrons. The minimum atomic E-state index is 1.25. The number of rotatable bonds is 3. The van der Waals surface area contributed by atoms with Gasteiger partial charge in [-0.25, -0.2) is 0 Å². The van der Waals surface area contributed by atoms with Crippen LogP contribution in [0.15, 0.2) is 48.6 Å². The summed E-state index contributed by atoms with van der Waals surface area (Å²) >= 11 is 0. The Morgan fingerprint density at radius 3 is 1.35 bits per heavy atom. The van der Waals surface area contributed by atoms with Gasteiger partial charge in [0.25, 0.3) is 0 Å². The van der Waals surface area contributed by atoms with E-state index in [-0.39, 0.29) is 0 Å². The van der Waals surface area contributed by atoms with Gasteiger partial charge in [-0.05, 0) is 59.1 Å². The second-order valence-corrected chi connectivity index (χ2v) is 5.77. The molecule has 0 amide bonds. The lowest BCUT2D eigenvalue weighted by Crippen LogP contribution is -2.07. The maximum absolute atomic E-state index is 2.31. The molecular formula is C20H18. The van der Waals surface area contributed by atoms with Crippen LogP contribution in [0.2, 0.25) is 0 Å². The standard InChI is InChI=1S/C20H18/c1(3-15-5-7-17-9-11-19(17)13-15)2-4-16-6-8-18-10-12-20(18)14-16/h1-8,13-14H,9-12H2/b3-1-,4-2-. The van der Waals surface area contributed by atoms with Gasteiger partial charge in [-0.1, -0.05) is 60.7 Å². The van der Waals surface area contributed by atoms with Crippen molar-refractivity contribution in [3.8, 4) is 0 Å². The largest absolute Gasteiger partial charge is 0.0617 e. The molecule has 0 fully saturated rings. The number of allylic oxidation sites excluding steroid dienone is 2. The smallest absolute Gasteiger partial charge is 0.0235 e. The molecule has 0 N–H and O–H groups in total. The SMILES string of the molecule is C(/C=C\c1ccc2c(c1)CC2)=C/c1ccc2c(c1)CC2. The van der Waals surface area contributed by atoms with Crippen LogP contribution in [0.1, 0.15) is 33.4 Å². The molecule has 2 aliphatic carbocycles. The van der Waals surface area contributed by atoms with Crippen molar-refractivity contribution < 1.29 is 0 Å². The molecule has 20 heavy (non-hydrogen) atoms. The van der Waals surface area contributed by atoms with Crippen LogP contribution >= 0.6 is 0 Å². The van der Waals surface area contributed by atoms with Gasteiger partial charge in [0.15, 0.2) is 0 Å². The third-order valence-corrected chi connectivity index (χ3v) is 4.48. The van der Waals surface area contributed by atoms with Crippen molar-refractivity contribution in [2.45, 2.75) is 25.7 Å². The van der Waals surface area contributed by atoms with Crippen LogP contribution in [-0.2, 0) is 25.7 Å². The molecule has 0 saturated carbocycles. The molecular weight excluding hydrogens is 240 g/mol. The molecule has 0 unspecified atom stereocenters. The van der Waals surface area contributed by atoms with Crippen molar-refractivity contribution in [3.05, 3.63) is 81.9 Å². The molecule has 0 radical (unpaired) electrons. The zero-order valence-corrected chi connectivity index (χ0v) is 11.6. The Morgan fingerprint density at radius 1 is 0.550 bits per heavy atom. The Hall–Kier alpha value is -2.08. The fraction of sp³-hybridized carbons (Fsp3) is 0.200. The van der Waals surface area contributed by atoms with E-state index < -0.39 is 0 Å². The summed E-state index contributed by atoms with van der Waals surface area (Å²) in [4.78, 5) is 0. The summed E-state index contributed by atoms with van der Waals surface area (Å²) in [6, 6.07) is 13.6. The highest BCUT2D eigenvalue weighted by Gasteiger charge is 2.12. The number of benzene rings is 2. The van der Waals surface area contributed by atoms with Crippen molar-refractivity contribution >= 4 is 12.2 Å². The van der Waals surface area contributed by atoms with Gasteiger partial charge in [-0.3, -0.25) is 0 Å². The lowest BCUT2D eigenvalue weighted by atomic mass is 9.87. The van der Waals surface area contributed by atoms with Gasteiger partial charge in [0.1, 0.15) is 0 Å². The Bertz CT molecular complexity index is 653. The van der Waals surface area contributed by atoms with Crippen molar-refractivity contribution in [1.82, 2.24) is 0 Å². The van der Waals surface area contributed by atoms with Crippen LogP contribution in [0, 0.1) is 0 Å². The lowest BCUT2D eigenvalue weighted by Gasteiger charge is -2.18. The van der Waals surface area contributed by atoms with Crippen molar-refractivity contribution in [2.75, 3.05) is 0 Å². The van der Waals surface area contributed by atoms with Gasteiger partial charge in [0, 0.05) is 0 Å². The summed E-state index contributed by atoms with van der Waals surface area (Å²) in [7, 11) is 0. The van der Waals surface area contributed by atoms with Crippen LogP contribution < -0.4 is 0 Å². The Morgan fingerprint density at radius 2 is 1.00 bits per heavy atom. The van der Waals surface area contributed by atoms with Gasteiger partial charge in [0.2, 0.25) is 0 Å². The van der Waals surface area contributed by atoms with Crippen molar-refractivity contribution in [3.63, 3.8) is 0 Å². The first-order valence-electron chi connectivity index (χ1n) is 7.47. The number of hydrogen-bond acceptors (Lipinski definition) is 0. The molecule has 0 bridgehead atoms. The highest BCUT2D eigenvalue weighted by atomic mass is 14.2. The molecule has 2 aromatic carbocycles. The quantitative estimate of drug-likeness (QED) is 0.705. The van der Waals surface area contributed by atoms with Crippen LogP contribution in [0.4, 0.5) is 0 Å². The lowest BCUT2D eigenvalue weighted by molar-refractivity contribution is 0.839. The summed E-state index contributed by atoms with van der Waals surface area (Å²) in [5.74, 6) is 0. The van der Waals surface area contributed by atoms with E-state index in [1.54, 1.807) is 0 Å². The van der Waals surface area contributed by atoms with E-state index in [9.17, 15) is 0 Å². The monoisotopic (exact) mass is 258 g/mol. The molecule has 4 rings (SSSR count). The summed E-state index contributed by atoms with van der Waals surface area (Å²) in [6.45, 7) is 0. The Kier molecular flexibility index (Phi) is 2.81. The molecule has 2 aliphatic rings. The second-order valence-electron chi connectivity index (χ2n) is 5.77. The van der Waals surface area contributed by atoms with E-state index in [0.717, 1.165) is 0 Å². The maximum atomic E-state index is 2.31. The summed E-state index contributed by atoms with van der Waals surface area (Å²) in [6.07, 6.45) is 13.7. The highest BCUT2D eigenvalue weighted by Crippen LogP contribution is 2.25. The zero-order chi connectivity index (χ0) is 13.4. The third-order valence-electron chi connectivity index (χ3n) is 4.48. The number of aryl methyl sites for hydroxylation is 4. The minimum Gasteiger partial charge on any atom is -0.0617 e. The van der Waals surface area contributed by atoms with Crippen molar-refractivity contribution in [2.24, 2.45) is 0 Å². The van der Waals surface area contributed by atoms with Gasteiger partial charge < -0.3 is 0 Å². The van der Waals surface area contributed by atoms with Crippen LogP contribution in [-0.4, -0.2) is 0 Å². The van der Waals surface area contributed by atoms with Gasteiger partial charge in [0.05, 0.1) is 0 Å². The molecule has 0 saturated heterocycles. The van der Waals surface area contributed by atoms with Crippen LogP contribution in [0.25, 0.3) is 12.2 Å². The van der Waals surface area contributed by atoms with E-state index in [1.165, 1.54) is 59.1 Å². The summed E-state index contributed by atoms with van der Waals surface area (Å²) in [5.41, 5.74) is 8.73. The zero-order valence-electron chi connectivity index (χ0n) is 11.6. The van der Waals surface area contributed by atoms with E-state index in [4.69, 9.17) is 0 Å². The minimum absolute atomic E-state index is 1.25. The van der Waals surface area contributed by atoms with Crippen molar-refractivity contribution in [1.29, 1.82) is 0 Å². The van der Waals surface area contributed by atoms with Gasteiger partial charge in [-0.2, -0.15) is 0 Å². The number of fused-ring (bicyclic) bond motifs is 2. The van der Waals surface area contributed by atoms with E-state index in [1.807, 2.05) is 0 Å². The molecule has 0 heterocycles. The van der Waals surface area contributed by atoms with E-state index in [0.29, 0.717) is 0 Å². The predicted octanol–water partition coefficient (Wildman–Crippen LogP) is 4.61. The van der Waals surface area contributed by atoms with Gasteiger partial charge >= 0.3 is 0 Å². The molecule has 0 aromatic heterocycles. The fourth-order valence-electron chi connectivity index (χ4n) is 2.97. The predicted molar refractivity (Wildman–Crippen MR) is 85.8 cm³/mol. The molecule has 0 spiro atoms. The van der Waals surface area contributed by atoms with E-state index >= 15 is 0 Å². The first-order valence-corrected chi connectivity index (χ1v) is 7.47. The highest BCUT2D eigenvalue weighted by molar-refractivity contribution is 5.60. The molecule has 0 aliphatic heterocycles. The molecule has 0 atom stereocenters. The summed E-state index contributed by atoms with van der Waals surface area (Å²) in [5, 5.41) is 0. The number of hydrogen-bond donors (Lipinski definition) is 0. The van der Waals surface area contributed by atoms with E-state index in [2.05, 4.69) is 60.7 Å². The maximum Gasteiger partial charge on any atom is -0.0235 e. The first kappa shape index (κ1) is 11.7. The Balaban J connectivity index is 1.45. The summed E-state index contributed by atoms with van der Waals surface area (Å²) < 4.78 is 0. The molecule has 2 aromatic rings. The second kappa shape index (κ2) is 4.79. The third kappa shape index (κ3) is 2.12. The normalized spacial score (nSPS) is 15.8. The molecule has 0 heteroatoms. The van der Waals surface area contributed by atoms with Crippen LogP contribution in [0.3, 0.4) is 0 Å². The fourth-order valence-corrected chi connectivity index (χ4v) is 2.97. The molecule has 0 nitrogen and oxygen atoms in total. The Labute approximate surface area is 120 Å². The average Bonchev–Trinajstić information content (AvgIpc) is 2.40.